The predicted octanol–water partition coefficient (Wildman–Crippen LogP) is 4.46. The Morgan fingerprint density at radius 2 is 1.52 bits per heavy atom. The molecule has 0 aliphatic heterocycles. The van der Waals surface area contributed by atoms with Crippen molar-refractivity contribution in [3.63, 3.8) is 0 Å². The van der Waals surface area contributed by atoms with Gasteiger partial charge in [-0.15, -0.1) is 0 Å². The van der Waals surface area contributed by atoms with E-state index in [-0.39, 0.29) is 11.3 Å². The van der Waals surface area contributed by atoms with Gasteiger partial charge in [-0.05, 0) is 38.5 Å². The number of rotatable bonds is 5. The van der Waals surface area contributed by atoms with Crippen molar-refractivity contribution in [3.8, 4) is 5.75 Å². The number of allylic oxidation sites excluding steroid dienone is 1. The summed E-state index contributed by atoms with van der Waals surface area (Å²) in [7, 11) is 0. The van der Waals surface area contributed by atoms with Crippen LogP contribution in [0.4, 0.5) is 0 Å². The van der Waals surface area contributed by atoms with E-state index in [1.165, 1.54) is 6.08 Å². The third kappa shape index (κ3) is 6.55. The molecule has 0 saturated carbocycles. The molecule has 0 spiro atoms. The van der Waals surface area contributed by atoms with Crippen molar-refractivity contribution in [1.29, 1.82) is 0 Å². The standard InChI is InChI=1S/C21H23NO3/c1-21(2,3)22-19(16-10-6-4-7-11-16)14-17(23)15-20(24)25-18-12-8-5-9-13-18/h4-15,22-23H,1-3H3/b17-15+,19-14-. The van der Waals surface area contributed by atoms with Gasteiger partial charge in [0.15, 0.2) is 0 Å². The molecule has 0 aromatic heterocycles. The Kier molecular flexibility index (Phi) is 6.01. The van der Waals surface area contributed by atoms with Crippen molar-refractivity contribution in [3.05, 3.63) is 84.1 Å². The molecule has 0 atom stereocenters. The average Bonchev–Trinajstić information content (AvgIpc) is 2.54. The fourth-order valence-corrected chi connectivity index (χ4v) is 2.16. The molecular formula is C21H23NO3. The Morgan fingerprint density at radius 1 is 0.960 bits per heavy atom. The van der Waals surface area contributed by atoms with Crippen LogP contribution in [0.25, 0.3) is 5.70 Å². The Hall–Kier alpha value is -3.01. The highest BCUT2D eigenvalue weighted by Gasteiger charge is 2.13. The fourth-order valence-electron chi connectivity index (χ4n) is 2.16. The molecular weight excluding hydrogens is 314 g/mol. The number of hydrogen-bond donors (Lipinski definition) is 2. The van der Waals surface area contributed by atoms with E-state index in [0.717, 1.165) is 17.3 Å². The first kappa shape index (κ1) is 18.3. The zero-order valence-electron chi connectivity index (χ0n) is 14.7. The lowest BCUT2D eigenvalue weighted by Gasteiger charge is -2.24. The van der Waals surface area contributed by atoms with Crippen molar-refractivity contribution >= 4 is 11.7 Å². The zero-order chi connectivity index (χ0) is 18.3. The van der Waals surface area contributed by atoms with E-state index < -0.39 is 5.97 Å². The van der Waals surface area contributed by atoms with Crippen molar-refractivity contribution in [1.82, 2.24) is 5.32 Å². The van der Waals surface area contributed by atoms with Crippen molar-refractivity contribution in [2.45, 2.75) is 26.3 Å². The maximum absolute atomic E-state index is 11.9. The molecule has 4 nitrogen and oxygen atoms in total. The monoisotopic (exact) mass is 337 g/mol. The van der Waals surface area contributed by atoms with E-state index >= 15 is 0 Å². The normalized spacial score (nSPS) is 12.6. The van der Waals surface area contributed by atoms with Gasteiger partial charge in [0.25, 0.3) is 0 Å². The van der Waals surface area contributed by atoms with E-state index in [2.05, 4.69) is 5.32 Å². The van der Waals surface area contributed by atoms with Crippen LogP contribution in [-0.4, -0.2) is 16.6 Å². The summed E-state index contributed by atoms with van der Waals surface area (Å²) in [5.74, 6) is -0.392. The minimum absolute atomic E-state index is 0.184. The minimum Gasteiger partial charge on any atom is -0.508 e. The summed E-state index contributed by atoms with van der Waals surface area (Å²) in [6.07, 6.45) is 2.58. The van der Waals surface area contributed by atoms with E-state index in [9.17, 15) is 9.90 Å². The molecule has 0 aliphatic carbocycles. The quantitative estimate of drug-likeness (QED) is 0.278. The number of carbonyl (C=O) groups is 1. The lowest BCUT2D eigenvalue weighted by atomic mass is 10.0. The molecule has 0 unspecified atom stereocenters. The van der Waals surface area contributed by atoms with Crippen LogP contribution in [0.1, 0.15) is 26.3 Å². The summed E-state index contributed by atoms with van der Waals surface area (Å²) in [5.41, 5.74) is 1.43. The van der Waals surface area contributed by atoms with Gasteiger partial charge in [-0.3, -0.25) is 0 Å². The number of para-hydroxylation sites is 1. The van der Waals surface area contributed by atoms with Crippen molar-refractivity contribution in [2.24, 2.45) is 0 Å². The topological polar surface area (TPSA) is 58.6 Å². The molecule has 0 saturated heterocycles. The summed E-state index contributed by atoms with van der Waals surface area (Å²) in [6, 6.07) is 18.3. The molecule has 2 rings (SSSR count). The molecule has 0 bridgehead atoms. The van der Waals surface area contributed by atoms with E-state index in [1.54, 1.807) is 24.3 Å². The van der Waals surface area contributed by atoms with Gasteiger partial charge in [0.05, 0.1) is 6.08 Å². The molecule has 4 heteroatoms. The van der Waals surface area contributed by atoms with E-state index in [4.69, 9.17) is 4.74 Å². The third-order valence-corrected chi connectivity index (χ3v) is 3.11. The van der Waals surface area contributed by atoms with Gasteiger partial charge in [-0.2, -0.15) is 0 Å². The number of esters is 1. The van der Waals surface area contributed by atoms with Gasteiger partial charge >= 0.3 is 5.97 Å². The highest BCUT2D eigenvalue weighted by molar-refractivity contribution is 5.85. The summed E-state index contributed by atoms with van der Waals surface area (Å²) >= 11 is 0. The van der Waals surface area contributed by atoms with Gasteiger partial charge in [-0.25, -0.2) is 4.79 Å². The number of hydrogen-bond acceptors (Lipinski definition) is 4. The number of ether oxygens (including phenoxy) is 1. The largest absolute Gasteiger partial charge is 0.508 e. The molecule has 130 valence electrons. The van der Waals surface area contributed by atoms with Gasteiger partial charge in [-0.1, -0.05) is 48.5 Å². The molecule has 2 aromatic carbocycles. The van der Waals surface area contributed by atoms with Gasteiger partial charge in [0.1, 0.15) is 11.5 Å². The van der Waals surface area contributed by atoms with Crippen molar-refractivity contribution < 1.29 is 14.6 Å². The Balaban J connectivity index is 2.20. The van der Waals surface area contributed by atoms with Crippen LogP contribution in [0.15, 0.2) is 78.6 Å². The number of nitrogens with one attached hydrogen (secondary N) is 1. The molecule has 25 heavy (non-hydrogen) atoms. The zero-order valence-corrected chi connectivity index (χ0v) is 14.7. The van der Waals surface area contributed by atoms with E-state index in [1.807, 2.05) is 57.2 Å². The maximum atomic E-state index is 11.9. The van der Waals surface area contributed by atoms with Crippen LogP contribution >= 0.6 is 0 Å². The summed E-state index contributed by atoms with van der Waals surface area (Å²) in [6.45, 7) is 6.07. The summed E-state index contributed by atoms with van der Waals surface area (Å²) < 4.78 is 5.15. The molecule has 0 radical (unpaired) electrons. The van der Waals surface area contributed by atoms with Crippen LogP contribution in [-0.2, 0) is 4.79 Å². The smallest absolute Gasteiger partial charge is 0.339 e. The number of aliphatic hydroxyl groups is 1. The highest BCUT2D eigenvalue weighted by Crippen LogP contribution is 2.17. The molecule has 0 aliphatic rings. The van der Waals surface area contributed by atoms with Gasteiger partial charge in [0, 0.05) is 17.3 Å². The van der Waals surface area contributed by atoms with Crippen LogP contribution < -0.4 is 10.1 Å². The van der Waals surface area contributed by atoms with Gasteiger partial charge in [0.2, 0.25) is 0 Å². The van der Waals surface area contributed by atoms with E-state index in [0.29, 0.717) is 5.75 Å². The Morgan fingerprint density at radius 3 is 2.08 bits per heavy atom. The molecule has 2 N–H and O–H groups in total. The Bertz CT molecular complexity index is 757. The Labute approximate surface area is 148 Å². The maximum Gasteiger partial charge on any atom is 0.339 e. The summed E-state index contributed by atoms with van der Waals surface area (Å²) in [5, 5.41) is 13.5. The second-order valence-corrected chi connectivity index (χ2v) is 6.60. The minimum atomic E-state index is -0.636. The SMILES string of the molecule is CC(C)(C)N/C(=C\C(O)=C/C(=O)Oc1ccccc1)c1ccccc1. The van der Waals surface area contributed by atoms with Crippen LogP contribution in [0, 0.1) is 0 Å². The first-order valence-corrected chi connectivity index (χ1v) is 8.06. The number of carbonyl (C=O) groups excluding carboxylic acids is 1. The molecule has 2 aromatic rings. The molecule has 0 heterocycles. The van der Waals surface area contributed by atoms with Gasteiger partial charge < -0.3 is 15.2 Å². The second-order valence-electron chi connectivity index (χ2n) is 6.60. The average molecular weight is 337 g/mol. The highest BCUT2D eigenvalue weighted by atomic mass is 16.5. The number of aliphatic hydroxyl groups excluding tert-OH is 1. The first-order chi connectivity index (χ1) is 11.8. The molecule has 0 amide bonds. The van der Waals surface area contributed by atoms with Crippen LogP contribution in [0.5, 0.6) is 5.75 Å². The second kappa shape index (κ2) is 8.20. The predicted molar refractivity (Wildman–Crippen MR) is 100 cm³/mol. The lowest BCUT2D eigenvalue weighted by Crippen LogP contribution is -2.34. The third-order valence-electron chi connectivity index (χ3n) is 3.11. The van der Waals surface area contributed by atoms with Crippen molar-refractivity contribution in [2.75, 3.05) is 0 Å². The number of benzene rings is 2. The first-order valence-electron chi connectivity index (χ1n) is 8.06. The lowest BCUT2D eigenvalue weighted by molar-refractivity contribution is -0.129. The fraction of sp³-hybridized carbons (Fsp3) is 0.190. The molecule has 0 fully saturated rings. The summed E-state index contributed by atoms with van der Waals surface area (Å²) in [4.78, 5) is 11.9. The van der Waals surface area contributed by atoms with Crippen LogP contribution in [0.3, 0.4) is 0 Å². The van der Waals surface area contributed by atoms with Crippen LogP contribution in [0.2, 0.25) is 0 Å².